The maximum absolute atomic E-state index is 13.9. The molecule has 2 aromatic rings. The highest BCUT2D eigenvalue weighted by Crippen LogP contribution is 2.54. The van der Waals surface area contributed by atoms with E-state index < -0.39 is 143 Å². The molecule has 3 heterocycles. The van der Waals surface area contributed by atoms with Gasteiger partial charge in [0.15, 0.2) is 24.7 Å². The second-order valence-electron chi connectivity index (χ2n) is 16.1. The van der Waals surface area contributed by atoms with Gasteiger partial charge in [-0.3, -0.25) is 14.4 Å². The summed E-state index contributed by atoms with van der Waals surface area (Å²) in [7, 11) is 2.85. The standard InChI is InChI=1S/C41H53NO17/c1-7-41(52)14-25(29-18(33(41)40(51)53-6)10-19-30(36(29)49)37(50)32-22(44)9-8-21(43)31(32)35(19)48)57-26-11-20(42-5)38(16(3)55-26)58-28-13-24(46)39(17(4)56-28)59-27-12-23(45)34(47)15(2)54-27/h8-10,15-17,20,23-28,33-34,38-39,42-47,49,52H,7,11-14H2,1-6H3/t15-,16+,17-,20+,23+,24+,25+,26-,27-,28-,33-,34-,38+,39-,41-/m0/s1. The van der Waals surface area contributed by atoms with E-state index >= 15 is 0 Å². The number of esters is 1. The van der Waals surface area contributed by atoms with E-state index in [1.165, 1.54) is 6.07 Å². The molecule has 2 aliphatic carbocycles. The lowest BCUT2D eigenvalue weighted by atomic mass is 9.67. The minimum Gasteiger partial charge on any atom is -0.507 e. The number of carbonyl (C=O) groups excluding carboxylic acids is 3. The molecule has 3 fully saturated rings. The van der Waals surface area contributed by atoms with Crippen LogP contribution in [0.3, 0.4) is 0 Å². The topological polar surface area (TPSA) is 269 Å². The van der Waals surface area contributed by atoms with Gasteiger partial charge in [0.1, 0.15) is 41.5 Å². The van der Waals surface area contributed by atoms with Crippen LogP contribution in [0.2, 0.25) is 0 Å². The molecule has 0 amide bonds. The third kappa shape index (κ3) is 7.63. The van der Waals surface area contributed by atoms with E-state index in [1.807, 2.05) is 0 Å². The number of aliphatic hydroxyl groups excluding tert-OH is 3. The summed E-state index contributed by atoms with van der Waals surface area (Å²) in [6.07, 6.45) is -10.6. The number of methoxy groups -OCH3 is 1. The lowest BCUT2D eigenvalue weighted by Gasteiger charge is -2.47. The van der Waals surface area contributed by atoms with Gasteiger partial charge in [-0.2, -0.15) is 0 Å². The predicted molar refractivity (Wildman–Crippen MR) is 201 cm³/mol. The Morgan fingerprint density at radius 1 is 0.814 bits per heavy atom. The Bertz CT molecular complexity index is 1930. The van der Waals surface area contributed by atoms with Crippen molar-refractivity contribution in [3.8, 4) is 17.2 Å². The van der Waals surface area contributed by atoms with Crippen molar-refractivity contribution in [1.82, 2.24) is 5.32 Å². The summed E-state index contributed by atoms with van der Waals surface area (Å²) in [4.78, 5) is 41.2. The molecule has 0 bridgehead atoms. The van der Waals surface area contributed by atoms with Gasteiger partial charge in [-0.05, 0) is 58.0 Å². The Morgan fingerprint density at radius 2 is 1.37 bits per heavy atom. The molecule has 59 heavy (non-hydrogen) atoms. The molecule has 0 saturated carbocycles. The molecule has 7 rings (SSSR count). The highest BCUT2D eigenvalue weighted by molar-refractivity contribution is 6.31. The summed E-state index contributed by atoms with van der Waals surface area (Å²) in [6.45, 7) is 6.74. The first-order chi connectivity index (χ1) is 27.9. The van der Waals surface area contributed by atoms with Crippen molar-refractivity contribution in [2.24, 2.45) is 0 Å². The lowest BCUT2D eigenvalue weighted by molar-refractivity contribution is -0.329. The molecule has 0 unspecified atom stereocenters. The van der Waals surface area contributed by atoms with Gasteiger partial charge in [0, 0.05) is 42.9 Å². The van der Waals surface area contributed by atoms with Crippen molar-refractivity contribution in [1.29, 1.82) is 0 Å². The number of aliphatic hydroxyl groups is 4. The highest BCUT2D eigenvalue weighted by Gasteiger charge is 2.54. The molecule has 3 aliphatic heterocycles. The molecule has 0 aromatic heterocycles. The van der Waals surface area contributed by atoms with Crippen LogP contribution in [0.25, 0.3) is 0 Å². The van der Waals surface area contributed by atoms with Crippen LogP contribution < -0.4 is 5.32 Å². The fourth-order valence-corrected chi connectivity index (χ4v) is 9.32. The summed E-state index contributed by atoms with van der Waals surface area (Å²) in [5.74, 6) is -5.96. The third-order valence-electron chi connectivity index (χ3n) is 12.5. The van der Waals surface area contributed by atoms with Crippen molar-refractivity contribution in [2.75, 3.05) is 14.2 Å². The van der Waals surface area contributed by atoms with Crippen LogP contribution in [0.5, 0.6) is 17.2 Å². The zero-order chi connectivity index (χ0) is 42.8. The number of rotatable bonds is 9. The van der Waals surface area contributed by atoms with E-state index in [0.717, 1.165) is 19.2 Å². The molecule has 3 saturated heterocycles. The molecular formula is C41H53NO17. The number of phenolic OH excluding ortho intramolecular Hbond substituents is 3. The zero-order valence-corrected chi connectivity index (χ0v) is 33.6. The lowest BCUT2D eigenvalue weighted by Crippen LogP contribution is -2.58. The maximum Gasteiger partial charge on any atom is 0.316 e. The summed E-state index contributed by atoms with van der Waals surface area (Å²) >= 11 is 0. The number of ketones is 2. The Kier molecular flexibility index (Phi) is 12.2. The molecular weight excluding hydrogens is 778 g/mol. The number of ether oxygens (including phenoxy) is 7. The summed E-state index contributed by atoms with van der Waals surface area (Å²) in [5, 5.41) is 79.8. The van der Waals surface area contributed by atoms with Crippen molar-refractivity contribution in [2.45, 2.75) is 151 Å². The van der Waals surface area contributed by atoms with Gasteiger partial charge in [0.2, 0.25) is 5.78 Å². The number of aromatic hydroxyl groups is 3. The van der Waals surface area contributed by atoms with Gasteiger partial charge >= 0.3 is 5.97 Å². The van der Waals surface area contributed by atoms with Gasteiger partial charge in [0.25, 0.3) is 0 Å². The van der Waals surface area contributed by atoms with Crippen LogP contribution in [0.15, 0.2) is 18.2 Å². The minimum absolute atomic E-state index is 0.0146. The van der Waals surface area contributed by atoms with E-state index in [-0.39, 0.29) is 48.8 Å². The van der Waals surface area contributed by atoms with Crippen molar-refractivity contribution >= 4 is 17.5 Å². The molecule has 0 radical (unpaired) electrons. The second-order valence-corrected chi connectivity index (χ2v) is 16.1. The molecule has 15 atom stereocenters. The van der Waals surface area contributed by atoms with E-state index in [2.05, 4.69) is 5.32 Å². The molecule has 18 nitrogen and oxygen atoms in total. The van der Waals surface area contributed by atoms with Crippen molar-refractivity contribution in [3.05, 3.63) is 51.6 Å². The number of nitrogens with one attached hydrogen (secondary N) is 1. The van der Waals surface area contributed by atoms with E-state index in [4.69, 9.17) is 33.2 Å². The Morgan fingerprint density at radius 3 is 1.95 bits per heavy atom. The number of fused-ring (bicyclic) bond motifs is 3. The van der Waals surface area contributed by atoms with E-state index in [9.17, 15) is 50.1 Å². The normalized spacial score (nSPS) is 38.3. The number of benzene rings is 2. The molecule has 0 spiro atoms. The average Bonchev–Trinajstić information content (AvgIpc) is 3.18. The summed E-state index contributed by atoms with van der Waals surface area (Å²) < 4.78 is 42.2. The predicted octanol–water partition coefficient (Wildman–Crippen LogP) is 1.28. The Hall–Kier alpha value is -3.79. The largest absolute Gasteiger partial charge is 0.507 e. The third-order valence-corrected chi connectivity index (χ3v) is 12.5. The van der Waals surface area contributed by atoms with Crippen molar-refractivity contribution in [3.63, 3.8) is 0 Å². The molecule has 5 aliphatic rings. The minimum atomic E-state index is -1.82. The number of hydrogen-bond donors (Lipinski definition) is 8. The number of carbonyl (C=O) groups is 3. The van der Waals surface area contributed by atoms with Crippen LogP contribution in [0.1, 0.15) is 115 Å². The molecule has 324 valence electrons. The second kappa shape index (κ2) is 16.6. The van der Waals surface area contributed by atoms with E-state index in [1.54, 1.807) is 34.7 Å². The van der Waals surface area contributed by atoms with Gasteiger partial charge in [-0.25, -0.2) is 0 Å². The number of likely N-dealkylation sites (N-methyl/N-ethyl adjacent to an activating group) is 1. The first-order valence-corrected chi connectivity index (χ1v) is 19.9. The van der Waals surface area contributed by atoms with Gasteiger partial charge in [0.05, 0.1) is 66.0 Å². The molecule has 2 aromatic carbocycles. The number of hydrogen-bond acceptors (Lipinski definition) is 18. The Labute approximate surface area is 339 Å². The SMILES string of the molecule is CC[C@]1(O)C[C@@H](O[C@H]2C[C@@H](NC)[C@H](O[C@H]3C[C@@H](O)[C@@H](O[C@H]4C[C@@H](O)[C@@H](O)[C@H](C)O4)[C@H](C)O3)[C@@H](C)O2)c2c(cc3c(c2O)C(=O)c2c(O)ccc(O)c2C3=O)[C@H]1C(=O)OC. The fourth-order valence-electron chi connectivity index (χ4n) is 9.32. The summed E-state index contributed by atoms with van der Waals surface area (Å²) in [6, 6.07) is 2.91. The highest BCUT2D eigenvalue weighted by atomic mass is 16.7. The van der Waals surface area contributed by atoms with Crippen LogP contribution in [0, 0.1) is 0 Å². The maximum atomic E-state index is 13.9. The van der Waals surface area contributed by atoms with E-state index in [0.29, 0.717) is 0 Å². The fraction of sp³-hybridized carbons (Fsp3) is 0.634. The van der Waals surface area contributed by atoms with Gasteiger partial charge < -0.3 is 74.2 Å². The van der Waals surface area contributed by atoms with Crippen LogP contribution in [-0.2, 0) is 38.0 Å². The van der Waals surface area contributed by atoms with Crippen LogP contribution in [0.4, 0.5) is 0 Å². The first-order valence-electron chi connectivity index (χ1n) is 19.9. The van der Waals surface area contributed by atoms with Gasteiger partial charge in [-0.15, -0.1) is 0 Å². The van der Waals surface area contributed by atoms with Gasteiger partial charge in [-0.1, -0.05) is 6.92 Å². The Balaban J connectivity index is 1.12. The average molecular weight is 832 g/mol. The smallest absolute Gasteiger partial charge is 0.316 e. The first kappa shape index (κ1) is 43.3. The van der Waals surface area contributed by atoms with Crippen LogP contribution >= 0.6 is 0 Å². The molecule has 8 N–H and O–H groups in total. The summed E-state index contributed by atoms with van der Waals surface area (Å²) in [5.41, 5.74) is -3.65. The van der Waals surface area contributed by atoms with Crippen LogP contribution in [-0.4, -0.2) is 147 Å². The molecule has 18 heteroatoms. The van der Waals surface area contributed by atoms with Crippen molar-refractivity contribution < 1.29 is 83.3 Å². The monoisotopic (exact) mass is 831 g/mol. The zero-order valence-electron chi connectivity index (χ0n) is 33.6. The quantitative estimate of drug-likeness (QED) is 0.111. The number of phenols is 3.